The average molecular weight is 503 g/mol. The number of quaternary nitrogens is 1. The molecule has 0 heterocycles. The third-order valence-corrected chi connectivity index (χ3v) is 6.63. The summed E-state index contributed by atoms with van der Waals surface area (Å²) >= 11 is 0. The lowest BCUT2D eigenvalue weighted by molar-refractivity contribution is -0.890. The first kappa shape index (κ1) is 35.6. The monoisotopic (exact) mass is 502 g/mol. The van der Waals surface area contributed by atoms with E-state index in [1.165, 1.54) is 103 Å². The summed E-state index contributed by atoms with van der Waals surface area (Å²) in [6.07, 6.45) is 28.9. The van der Waals surface area contributed by atoms with Gasteiger partial charge in [-0.25, -0.2) is 0 Å². The molecule has 0 fully saturated rings. The van der Waals surface area contributed by atoms with E-state index in [-0.39, 0.29) is 24.9 Å². The molecular formula is C29H59ClN2O2. The second-order valence-electron chi connectivity index (χ2n) is 10.6. The summed E-state index contributed by atoms with van der Waals surface area (Å²) in [7, 11) is 4.24. The predicted octanol–water partition coefficient (Wildman–Crippen LogP) is 4.16. The van der Waals surface area contributed by atoms with Crippen LogP contribution < -0.4 is 17.7 Å². The maximum absolute atomic E-state index is 11.9. The van der Waals surface area contributed by atoms with Crippen molar-refractivity contribution in [2.75, 3.05) is 40.3 Å². The van der Waals surface area contributed by atoms with Crippen molar-refractivity contribution in [2.45, 2.75) is 129 Å². The molecule has 0 bridgehead atoms. The zero-order valence-electron chi connectivity index (χ0n) is 23.1. The number of likely N-dealkylation sites (N-methyl/N-ethyl adjacent to an activating group) is 1. The highest BCUT2D eigenvalue weighted by Crippen LogP contribution is 2.12. The van der Waals surface area contributed by atoms with E-state index >= 15 is 0 Å². The highest BCUT2D eigenvalue weighted by Gasteiger charge is 2.13. The number of carbonyl (C=O) groups is 1. The Balaban J connectivity index is 0. The number of amides is 1. The molecule has 0 saturated heterocycles. The third kappa shape index (κ3) is 27.7. The third-order valence-electron chi connectivity index (χ3n) is 6.63. The molecule has 0 aromatic carbocycles. The summed E-state index contributed by atoms with van der Waals surface area (Å²) in [5, 5.41) is 12.1. The molecule has 0 rings (SSSR count). The van der Waals surface area contributed by atoms with Gasteiger partial charge in [0.15, 0.2) is 0 Å². The number of hydrogen-bond donors (Lipinski definition) is 2. The second-order valence-corrected chi connectivity index (χ2v) is 10.6. The van der Waals surface area contributed by atoms with E-state index in [1.54, 1.807) is 0 Å². The van der Waals surface area contributed by atoms with Crippen LogP contribution >= 0.6 is 0 Å². The lowest BCUT2D eigenvalue weighted by Gasteiger charge is -2.28. The van der Waals surface area contributed by atoms with E-state index < -0.39 is 0 Å². The molecule has 0 saturated carbocycles. The van der Waals surface area contributed by atoms with Gasteiger partial charge >= 0.3 is 0 Å². The zero-order chi connectivity index (χ0) is 24.5. The molecule has 5 heteroatoms. The first-order chi connectivity index (χ1) is 16.0. The minimum absolute atomic E-state index is 0. The molecule has 0 aliphatic heterocycles. The fourth-order valence-corrected chi connectivity index (χ4v) is 4.27. The number of rotatable bonds is 25. The molecule has 0 radical (unpaired) electrons. The van der Waals surface area contributed by atoms with Crippen LogP contribution in [0.1, 0.15) is 129 Å². The van der Waals surface area contributed by atoms with Gasteiger partial charge in [0.25, 0.3) is 0 Å². The van der Waals surface area contributed by atoms with Crippen molar-refractivity contribution >= 4 is 5.91 Å². The SMILES string of the molecule is CCCCCCCC/C=C/CCCCCCCCCCCC(=O)NCCC[N+](C)(C)CCO.[Cl-]. The number of allylic oxidation sites excluding steroid dienone is 2. The molecule has 4 nitrogen and oxygen atoms in total. The van der Waals surface area contributed by atoms with Gasteiger partial charge in [-0.1, -0.05) is 96.1 Å². The fourth-order valence-electron chi connectivity index (χ4n) is 4.27. The highest BCUT2D eigenvalue weighted by atomic mass is 35.5. The first-order valence-corrected chi connectivity index (χ1v) is 14.4. The van der Waals surface area contributed by atoms with Crippen molar-refractivity contribution in [1.29, 1.82) is 0 Å². The van der Waals surface area contributed by atoms with Crippen LogP contribution in [0.15, 0.2) is 12.2 Å². The molecule has 2 N–H and O–H groups in total. The van der Waals surface area contributed by atoms with Gasteiger partial charge in [-0.15, -0.1) is 0 Å². The summed E-state index contributed by atoms with van der Waals surface area (Å²) in [5.74, 6) is 0.198. The number of aliphatic hydroxyl groups is 1. The van der Waals surface area contributed by atoms with Gasteiger partial charge in [-0.05, 0) is 32.1 Å². The smallest absolute Gasteiger partial charge is 0.219 e. The number of carbonyl (C=O) groups excluding carboxylic acids is 1. The van der Waals surface area contributed by atoms with Crippen LogP contribution in [-0.2, 0) is 4.79 Å². The molecule has 1 amide bonds. The lowest BCUT2D eigenvalue weighted by atomic mass is 10.1. The second kappa shape index (κ2) is 27.0. The van der Waals surface area contributed by atoms with Crippen LogP contribution in [0.2, 0.25) is 0 Å². The summed E-state index contributed by atoms with van der Waals surface area (Å²) in [4.78, 5) is 11.9. The minimum Gasteiger partial charge on any atom is -1.00 e. The predicted molar refractivity (Wildman–Crippen MR) is 144 cm³/mol. The van der Waals surface area contributed by atoms with Gasteiger partial charge in [-0.3, -0.25) is 4.79 Å². The molecule has 0 spiro atoms. The summed E-state index contributed by atoms with van der Waals surface area (Å²) in [5.41, 5.74) is 0. The topological polar surface area (TPSA) is 49.3 Å². The largest absolute Gasteiger partial charge is 1.00 e. The molecule has 0 aliphatic rings. The van der Waals surface area contributed by atoms with Gasteiger partial charge in [0.1, 0.15) is 6.54 Å². The quantitative estimate of drug-likeness (QED) is 0.112. The molecule has 204 valence electrons. The van der Waals surface area contributed by atoms with Crippen LogP contribution in [0.5, 0.6) is 0 Å². The van der Waals surface area contributed by atoms with Crippen molar-refractivity contribution in [2.24, 2.45) is 0 Å². The van der Waals surface area contributed by atoms with E-state index in [9.17, 15) is 4.79 Å². The van der Waals surface area contributed by atoms with E-state index in [0.29, 0.717) is 6.42 Å². The molecule has 0 aromatic heterocycles. The Labute approximate surface area is 219 Å². The Morgan fingerprint density at radius 2 is 1.18 bits per heavy atom. The van der Waals surface area contributed by atoms with Crippen LogP contribution in [0, 0.1) is 0 Å². The fraction of sp³-hybridized carbons (Fsp3) is 0.897. The van der Waals surface area contributed by atoms with Gasteiger partial charge in [-0.2, -0.15) is 0 Å². The van der Waals surface area contributed by atoms with Crippen LogP contribution in [0.25, 0.3) is 0 Å². The number of aliphatic hydroxyl groups excluding tert-OH is 1. The molecule has 0 atom stereocenters. The summed E-state index contributed by atoms with van der Waals surface area (Å²) in [6, 6.07) is 0. The number of hydrogen-bond acceptors (Lipinski definition) is 2. The van der Waals surface area contributed by atoms with Crippen molar-refractivity contribution < 1.29 is 26.8 Å². The Morgan fingerprint density at radius 3 is 1.68 bits per heavy atom. The van der Waals surface area contributed by atoms with E-state index in [4.69, 9.17) is 5.11 Å². The Kier molecular flexibility index (Phi) is 28.3. The molecule has 34 heavy (non-hydrogen) atoms. The van der Waals surface area contributed by atoms with Crippen molar-refractivity contribution in [1.82, 2.24) is 5.32 Å². The Bertz CT molecular complexity index is 455. The highest BCUT2D eigenvalue weighted by molar-refractivity contribution is 5.75. The number of nitrogens with one attached hydrogen (secondary N) is 1. The van der Waals surface area contributed by atoms with Crippen LogP contribution in [0.3, 0.4) is 0 Å². The van der Waals surface area contributed by atoms with Gasteiger partial charge in [0, 0.05) is 19.4 Å². The van der Waals surface area contributed by atoms with Crippen molar-refractivity contribution in [3.8, 4) is 0 Å². The standard InChI is InChI=1S/C29H58N2O2.ClH/c1-4-5-6-7-8-9-10-11-12-13-14-15-16-17-18-19-20-21-22-24-29(33)30-25-23-26-31(2,3)27-28-32;/h11-12,32H,4-10,13-28H2,1-3H3;1H/b12-11+;. The first-order valence-electron chi connectivity index (χ1n) is 14.4. The van der Waals surface area contributed by atoms with Crippen LogP contribution in [-0.4, -0.2) is 55.8 Å². The summed E-state index contributed by atoms with van der Waals surface area (Å²) < 4.78 is 0.808. The van der Waals surface area contributed by atoms with Gasteiger partial charge in [0.2, 0.25) is 5.91 Å². The maximum Gasteiger partial charge on any atom is 0.219 e. The van der Waals surface area contributed by atoms with E-state index in [0.717, 1.165) is 37.0 Å². The maximum atomic E-state index is 11.9. The average Bonchev–Trinajstić information content (AvgIpc) is 2.78. The van der Waals surface area contributed by atoms with E-state index in [1.807, 2.05) is 0 Å². The molecule has 0 aliphatic carbocycles. The van der Waals surface area contributed by atoms with E-state index in [2.05, 4.69) is 38.5 Å². The Hall–Kier alpha value is -0.580. The van der Waals surface area contributed by atoms with Gasteiger partial charge < -0.3 is 27.3 Å². The van der Waals surface area contributed by atoms with Gasteiger partial charge in [0.05, 0.1) is 27.2 Å². The van der Waals surface area contributed by atoms with Crippen molar-refractivity contribution in [3.63, 3.8) is 0 Å². The number of halogens is 1. The lowest BCUT2D eigenvalue weighted by Crippen LogP contribution is -3.00. The van der Waals surface area contributed by atoms with Crippen molar-refractivity contribution in [3.05, 3.63) is 12.2 Å². The number of nitrogens with zero attached hydrogens (tertiary/aromatic N) is 1. The zero-order valence-corrected chi connectivity index (χ0v) is 23.9. The normalized spacial score (nSPS) is 11.6. The molecule has 0 unspecified atom stereocenters. The minimum atomic E-state index is 0. The number of unbranched alkanes of at least 4 members (excludes halogenated alkanes) is 15. The molecule has 0 aromatic rings. The molecular weight excluding hydrogens is 444 g/mol. The Morgan fingerprint density at radius 1 is 0.706 bits per heavy atom. The summed E-state index contributed by atoms with van der Waals surface area (Å²) in [6.45, 7) is 5.00. The van der Waals surface area contributed by atoms with Crippen LogP contribution in [0.4, 0.5) is 0 Å².